The zero-order valence-corrected chi connectivity index (χ0v) is 19.5. The molecular weight excluding hydrogens is 446 g/mol. The van der Waals surface area contributed by atoms with Crippen LogP contribution in [0.15, 0.2) is 48.7 Å². The van der Waals surface area contributed by atoms with Gasteiger partial charge in [0.05, 0.1) is 32.1 Å². The summed E-state index contributed by atoms with van der Waals surface area (Å²) in [5.41, 5.74) is 10.5. The lowest BCUT2D eigenvalue weighted by Crippen LogP contribution is -2.32. The molecule has 0 spiro atoms. The molecule has 6 bridgehead atoms. The van der Waals surface area contributed by atoms with Gasteiger partial charge in [-0.05, 0) is 55.3 Å². The van der Waals surface area contributed by atoms with Crippen molar-refractivity contribution in [1.82, 2.24) is 15.3 Å². The molecule has 3 aromatic rings. The molecular formula is C26H29N5O4. The Kier molecular flexibility index (Phi) is 7.06. The van der Waals surface area contributed by atoms with E-state index in [1.165, 1.54) is 0 Å². The number of anilines is 3. The molecule has 0 aliphatic carbocycles. The van der Waals surface area contributed by atoms with Crippen LogP contribution < -0.4 is 21.1 Å². The van der Waals surface area contributed by atoms with Crippen LogP contribution in [0.25, 0.3) is 11.3 Å². The van der Waals surface area contributed by atoms with Gasteiger partial charge in [-0.1, -0.05) is 0 Å². The highest BCUT2D eigenvalue weighted by molar-refractivity contribution is 5.96. The van der Waals surface area contributed by atoms with Crippen molar-refractivity contribution >= 4 is 23.2 Å². The molecule has 1 saturated heterocycles. The molecule has 0 saturated carbocycles. The lowest BCUT2D eigenvalue weighted by Gasteiger charge is -2.26. The molecule has 3 aliphatic rings. The number of fused-ring (bicyclic) bond motifs is 9. The Morgan fingerprint density at radius 2 is 2.00 bits per heavy atom. The van der Waals surface area contributed by atoms with Crippen LogP contribution in [0.2, 0.25) is 0 Å². The molecule has 0 unspecified atom stereocenters. The van der Waals surface area contributed by atoms with E-state index in [9.17, 15) is 4.79 Å². The fourth-order valence-electron chi connectivity index (χ4n) is 3.95. The minimum absolute atomic E-state index is 0.151. The fraction of sp³-hybridized carbons (Fsp3) is 0.346. The van der Waals surface area contributed by atoms with Crippen LogP contribution in [0, 0.1) is 5.92 Å². The zero-order valence-electron chi connectivity index (χ0n) is 19.5. The number of nitrogens with two attached hydrogens (primary N) is 1. The first kappa shape index (κ1) is 23.1. The molecule has 2 aromatic carbocycles. The Morgan fingerprint density at radius 3 is 2.83 bits per heavy atom. The number of amides is 1. The molecule has 9 nitrogen and oxygen atoms in total. The number of aromatic nitrogens is 2. The predicted molar refractivity (Wildman–Crippen MR) is 133 cm³/mol. The standard InChI is InChI=1S/C26H29N5O4/c27-22-12-18-3-5-21(22)23-7-9-29-26(31-23)30-20-4-6-24(35-15-17-13-34-14-17)19(11-20)16-33-10-2-1-8-28-25(18)32/h3-7,9,11-12,17H,1-2,8,10,13-16,27H2,(H,28,32)(H,29,30,31). The van der Waals surface area contributed by atoms with Crippen LogP contribution in [-0.2, 0) is 16.1 Å². The molecule has 3 aliphatic heterocycles. The maximum absolute atomic E-state index is 12.5. The normalized spacial score (nSPS) is 16.7. The summed E-state index contributed by atoms with van der Waals surface area (Å²) in [4.78, 5) is 21.5. The number of ether oxygens (including phenoxy) is 3. The van der Waals surface area contributed by atoms with E-state index in [2.05, 4.69) is 20.6 Å². The van der Waals surface area contributed by atoms with Gasteiger partial charge in [0.15, 0.2) is 0 Å². The van der Waals surface area contributed by atoms with Gasteiger partial charge in [0.1, 0.15) is 5.75 Å². The van der Waals surface area contributed by atoms with Crippen molar-refractivity contribution in [3.63, 3.8) is 0 Å². The van der Waals surface area contributed by atoms with Gasteiger partial charge in [-0.25, -0.2) is 9.97 Å². The van der Waals surface area contributed by atoms with Crippen LogP contribution in [0.3, 0.4) is 0 Å². The summed E-state index contributed by atoms with van der Waals surface area (Å²) < 4.78 is 17.3. The Bertz CT molecular complexity index is 1200. The number of nitrogen functional groups attached to an aromatic ring is 1. The molecule has 1 amide bonds. The van der Waals surface area contributed by atoms with E-state index in [-0.39, 0.29) is 5.91 Å². The first-order chi connectivity index (χ1) is 17.2. The third-order valence-electron chi connectivity index (χ3n) is 6.00. The number of nitrogens with zero attached hydrogens (tertiary/aromatic N) is 2. The number of carbonyl (C=O) groups excluding carboxylic acids is 1. The van der Waals surface area contributed by atoms with Crippen LogP contribution >= 0.6 is 0 Å². The summed E-state index contributed by atoms with van der Waals surface area (Å²) in [5, 5.41) is 6.21. The molecule has 182 valence electrons. The second-order valence-corrected chi connectivity index (χ2v) is 8.75. The van der Waals surface area contributed by atoms with Crippen LogP contribution in [-0.4, -0.2) is 48.8 Å². The summed E-state index contributed by atoms with van der Waals surface area (Å²) in [5.74, 6) is 1.51. The van der Waals surface area contributed by atoms with Crippen LogP contribution in [0.4, 0.5) is 17.3 Å². The van der Waals surface area contributed by atoms with Crippen LogP contribution in [0.1, 0.15) is 28.8 Å². The second kappa shape index (κ2) is 10.7. The quantitative estimate of drug-likeness (QED) is 0.492. The average molecular weight is 476 g/mol. The molecule has 9 heteroatoms. The SMILES string of the molecule is Nc1cc2ccc1-c1ccnc(n1)Nc1ccc(OCC3COC3)c(c1)COCCCCNC2=O. The monoisotopic (exact) mass is 475 g/mol. The first-order valence-electron chi connectivity index (χ1n) is 11.8. The van der Waals surface area contributed by atoms with Gasteiger partial charge < -0.3 is 30.6 Å². The van der Waals surface area contributed by atoms with Gasteiger partial charge in [-0.2, -0.15) is 0 Å². The van der Waals surface area contributed by atoms with Gasteiger partial charge in [0.25, 0.3) is 5.91 Å². The molecule has 4 N–H and O–H groups in total. The summed E-state index contributed by atoms with van der Waals surface area (Å²) in [6.07, 6.45) is 3.32. The molecule has 0 radical (unpaired) electrons. The van der Waals surface area contributed by atoms with Gasteiger partial charge >= 0.3 is 0 Å². The summed E-state index contributed by atoms with van der Waals surface area (Å²) in [7, 11) is 0. The number of carbonyl (C=O) groups is 1. The highest BCUT2D eigenvalue weighted by atomic mass is 16.5. The van der Waals surface area contributed by atoms with E-state index in [0.717, 1.165) is 48.6 Å². The van der Waals surface area contributed by atoms with Crippen molar-refractivity contribution in [3.05, 3.63) is 59.8 Å². The minimum Gasteiger partial charge on any atom is -0.493 e. The van der Waals surface area contributed by atoms with E-state index in [0.29, 0.717) is 55.2 Å². The van der Waals surface area contributed by atoms with Crippen molar-refractivity contribution < 1.29 is 19.0 Å². The van der Waals surface area contributed by atoms with Gasteiger partial charge in [0, 0.05) is 53.3 Å². The molecule has 1 fully saturated rings. The van der Waals surface area contributed by atoms with E-state index < -0.39 is 0 Å². The largest absolute Gasteiger partial charge is 0.493 e. The lowest BCUT2D eigenvalue weighted by atomic mass is 10.1. The molecule has 35 heavy (non-hydrogen) atoms. The van der Waals surface area contributed by atoms with E-state index >= 15 is 0 Å². The third kappa shape index (κ3) is 5.70. The second-order valence-electron chi connectivity index (χ2n) is 8.75. The van der Waals surface area contributed by atoms with Crippen molar-refractivity contribution in [3.8, 4) is 17.0 Å². The number of hydrogen-bond acceptors (Lipinski definition) is 8. The fourth-order valence-corrected chi connectivity index (χ4v) is 3.95. The summed E-state index contributed by atoms with van der Waals surface area (Å²) in [6, 6.07) is 12.9. The highest BCUT2D eigenvalue weighted by Crippen LogP contribution is 2.29. The Morgan fingerprint density at radius 1 is 1.09 bits per heavy atom. The lowest BCUT2D eigenvalue weighted by molar-refractivity contribution is -0.0511. The van der Waals surface area contributed by atoms with E-state index in [1.54, 1.807) is 24.4 Å². The van der Waals surface area contributed by atoms with Crippen molar-refractivity contribution in [2.45, 2.75) is 19.4 Å². The predicted octanol–water partition coefficient (Wildman–Crippen LogP) is 3.53. The smallest absolute Gasteiger partial charge is 0.251 e. The molecule has 0 atom stereocenters. The number of hydrogen-bond donors (Lipinski definition) is 3. The number of nitrogens with one attached hydrogen (secondary N) is 2. The van der Waals surface area contributed by atoms with Gasteiger partial charge in [-0.15, -0.1) is 0 Å². The maximum Gasteiger partial charge on any atom is 0.251 e. The first-order valence-corrected chi connectivity index (χ1v) is 11.8. The van der Waals surface area contributed by atoms with Crippen molar-refractivity contribution in [2.24, 2.45) is 5.92 Å². The Balaban J connectivity index is 1.42. The maximum atomic E-state index is 12.5. The zero-order chi connectivity index (χ0) is 24.0. The Hall–Kier alpha value is -3.69. The number of rotatable bonds is 3. The topological polar surface area (TPSA) is 121 Å². The van der Waals surface area contributed by atoms with E-state index in [1.807, 2.05) is 24.3 Å². The number of benzene rings is 2. The minimum atomic E-state index is -0.151. The molecule has 1 aromatic heterocycles. The van der Waals surface area contributed by atoms with Crippen molar-refractivity contribution in [2.75, 3.05) is 44.0 Å². The third-order valence-corrected chi connectivity index (χ3v) is 6.00. The van der Waals surface area contributed by atoms with Gasteiger partial charge in [-0.3, -0.25) is 4.79 Å². The molecule has 6 rings (SSSR count). The summed E-state index contributed by atoms with van der Waals surface area (Å²) in [6.45, 7) is 3.66. The average Bonchev–Trinajstić information content (AvgIpc) is 2.83. The Labute approximate surface area is 204 Å². The van der Waals surface area contributed by atoms with E-state index in [4.69, 9.17) is 19.9 Å². The summed E-state index contributed by atoms with van der Waals surface area (Å²) >= 11 is 0. The molecule has 4 heterocycles. The van der Waals surface area contributed by atoms with Crippen LogP contribution in [0.5, 0.6) is 5.75 Å². The van der Waals surface area contributed by atoms with Crippen molar-refractivity contribution in [1.29, 1.82) is 0 Å². The van der Waals surface area contributed by atoms with Gasteiger partial charge in [0.2, 0.25) is 5.95 Å². The highest BCUT2D eigenvalue weighted by Gasteiger charge is 2.20.